The van der Waals surface area contributed by atoms with Crippen LogP contribution in [0.4, 0.5) is 18.9 Å². The van der Waals surface area contributed by atoms with Gasteiger partial charge in [-0.25, -0.2) is 13.6 Å². The average molecular weight is 282 g/mol. The lowest BCUT2D eigenvalue weighted by atomic mass is 10.1. The monoisotopic (exact) mass is 282 g/mol. The third-order valence-corrected chi connectivity index (χ3v) is 3.04. The number of benzene rings is 1. The molecule has 8 heteroatoms. The molecule has 0 saturated heterocycles. The van der Waals surface area contributed by atoms with E-state index in [9.17, 15) is 21.6 Å². The highest BCUT2D eigenvalue weighted by molar-refractivity contribution is 7.89. The molecule has 0 aliphatic heterocycles. The topological polar surface area (TPSA) is 72.2 Å². The fourth-order valence-electron chi connectivity index (χ4n) is 1.32. The Bertz CT molecular complexity index is 526. The van der Waals surface area contributed by atoms with Gasteiger partial charge in [-0.15, -0.1) is 0 Å². The number of sulfonamides is 1. The van der Waals surface area contributed by atoms with Crippen LogP contribution in [0, 0.1) is 6.92 Å². The summed E-state index contributed by atoms with van der Waals surface area (Å²) in [5.74, 6) is -0.345. The molecule has 0 aromatic heterocycles. The van der Waals surface area contributed by atoms with E-state index in [1.807, 2.05) is 0 Å². The fourth-order valence-corrected chi connectivity index (χ4v) is 1.70. The van der Waals surface area contributed by atoms with Gasteiger partial charge in [0.2, 0.25) is 10.0 Å². The summed E-state index contributed by atoms with van der Waals surface area (Å²) in [5.41, 5.74) is 0.0529. The maximum atomic E-state index is 12.5. The SMILES string of the molecule is Cc1ccc(C(F)(F)F)cc1NCCS(N)(=O)=O. The number of alkyl halides is 3. The lowest BCUT2D eigenvalue weighted by molar-refractivity contribution is -0.137. The summed E-state index contributed by atoms with van der Waals surface area (Å²) >= 11 is 0. The predicted octanol–water partition coefficient (Wildman–Crippen LogP) is 1.71. The summed E-state index contributed by atoms with van der Waals surface area (Å²) in [6.45, 7) is 1.58. The number of nitrogens with one attached hydrogen (secondary N) is 1. The van der Waals surface area contributed by atoms with Gasteiger partial charge < -0.3 is 5.32 Å². The van der Waals surface area contributed by atoms with Crippen LogP contribution in [-0.2, 0) is 16.2 Å². The Hall–Kier alpha value is -1.28. The summed E-state index contributed by atoms with van der Waals surface area (Å²) in [6, 6.07) is 3.24. The Labute approximate surface area is 103 Å². The van der Waals surface area contributed by atoms with Crippen molar-refractivity contribution >= 4 is 15.7 Å². The zero-order chi connectivity index (χ0) is 14.0. The van der Waals surface area contributed by atoms with Crippen LogP contribution in [0.25, 0.3) is 0 Å². The first-order valence-electron chi connectivity index (χ1n) is 5.02. The molecule has 0 amide bonds. The second-order valence-electron chi connectivity index (χ2n) is 3.82. The second kappa shape index (κ2) is 5.15. The van der Waals surface area contributed by atoms with Gasteiger partial charge in [-0.1, -0.05) is 6.07 Å². The van der Waals surface area contributed by atoms with Crippen molar-refractivity contribution in [2.75, 3.05) is 17.6 Å². The highest BCUT2D eigenvalue weighted by Gasteiger charge is 2.30. The molecule has 3 N–H and O–H groups in total. The van der Waals surface area contributed by atoms with Crippen molar-refractivity contribution in [1.29, 1.82) is 0 Å². The van der Waals surface area contributed by atoms with Crippen molar-refractivity contribution < 1.29 is 21.6 Å². The molecule has 102 valence electrons. The van der Waals surface area contributed by atoms with Crippen molar-refractivity contribution in [3.63, 3.8) is 0 Å². The highest BCUT2D eigenvalue weighted by atomic mass is 32.2. The van der Waals surface area contributed by atoms with Gasteiger partial charge >= 0.3 is 6.18 Å². The molecule has 1 aromatic carbocycles. The first-order valence-corrected chi connectivity index (χ1v) is 6.73. The molecule has 0 heterocycles. The first kappa shape index (κ1) is 14.8. The summed E-state index contributed by atoms with van der Waals surface area (Å²) in [7, 11) is -3.63. The maximum Gasteiger partial charge on any atom is 0.416 e. The fraction of sp³-hybridized carbons (Fsp3) is 0.400. The lowest BCUT2D eigenvalue weighted by Crippen LogP contribution is -2.22. The van der Waals surface area contributed by atoms with Gasteiger partial charge in [0.15, 0.2) is 0 Å². The second-order valence-corrected chi connectivity index (χ2v) is 5.56. The van der Waals surface area contributed by atoms with Gasteiger partial charge in [0.25, 0.3) is 0 Å². The molecule has 0 spiro atoms. The van der Waals surface area contributed by atoms with Crippen molar-refractivity contribution in [3.05, 3.63) is 29.3 Å². The molecule has 0 aliphatic carbocycles. The summed E-state index contributed by atoms with van der Waals surface area (Å²) in [6.07, 6.45) is -4.43. The lowest BCUT2D eigenvalue weighted by Gasteiger charge is -2.12. The Balaban J connectivity index is 2.82. The molecule has 18 heavy (non-hydrogen) atoms. The van der Waals surface area contributed by atoms with Gasteiger partial charge in [0.05, 0.1) is 11.3 Å². The largest absolute Gasteiger partial charge is 0.416 e. The number of hydrogen-bond acceptors (Lipinski definition) is 3. The molecule has 0 fully saturated rings. The van der Waals surface area contributed by atoms with E-state index in [1.165, 1.54) is 6.07 Å². The first-order chi connectivity index (χ1) is 8.09. The number of rotatable bonds is 4. The summed E-state index contributed by atoms with van der Waals surface area (Å²) in [5, 5.41) is 7.41. The number of hydrogen-bond donors (Lipinski definition) is 2. The molecule has 0 aliphatic rings. The molecule has 1 aromatic rings. The van der Waals surface area contributed by atoms with E-state index in [4.69, 9.17) is 5.14 Å². The van der Waals surface area contributed by atoms with Crippen molar-refractivity contribution in [2.24, 2.45) is 5.14 Å². The van der Waals surface area contributed by atoms with E-state index in [0.717, 1.165) is 12.1 Å². The smallest absolute Gasteiger partial charge is 0.384 e. The molecule has 4 nitrogen and oxygen atoms in total. The Morgan fingerprint density at radius 3 is 2.44 bits per heavy atom. The van der Waals surface area contributed by atoms with E-state index in [0.29, 0.717) is 5.56 Å². The molecule has 0 radical (unpaired) electrons. The van der Waals surface area contributed by atoms with E-state index >= 15 is 0 Å². The van der Waals surface area contributed by atoms with Crippen LogP contribution >= 0.6 is 0 Å². The van der Waals surface area contributed by atoms with Gasteiger partial charge in [0.1, 0.15) is 0 Å². The van der Waals surface area contributed by atoms with Crippen molar-refractivity contribution in [3.8, 4) is 0 Å². The van der Waals surface area contributed by atoms with Gasteiger partial charge in [-0.2, -0.15) is 13.2 Å². The van der Waals surface area contributed by atoms with E-state index < -0.39 is 21.8 Å². The summed E-state index contributed by atoms with van der Waals surface area (Å²) in [4.78, 5) is 0. The van der Waals surface area contributed by atoms with Crippen LogP contribution in [-0.4, -0.2) is 20.7 Å². The minimum atomic E-state index is -4.43. The number of primary sulfonamides is 1. The normalized spacial score (nSPS) is 12.5. The molecule has 0 atom stereocenters. The van der Waals surface area contributed by atoms with Crippen molar-refractivity contribution in [1.82, 2.24) is 0 Å². The van der Waals surface area contributed by atoms with Crippen LogP contribution < -0.4 is 10.5 Å². The molecule has 0 bridgehead atoms. The highest BCUT2D eigenvalue weighted by Crippen LogP contribution is 2.31. The van der Waals surface area contributed by atoms with E-state index in [-0.39, 0.29) is 18.0 Å². The number of halogens is 3. The summed E-state index contributed by atoms with van der Waals surface area (Å²) < 4.78 is 58.8. The van der Waals surface area contributed by atoms with Gasteiger partial charge in [-0.05, 0) is 24.6 Å². The Kier molecular flexibility index (Phi) is 4.23. The molecular weight excluding hydrogens is 269 g/mol. The zero-order valence-corrected chi connectivity index (χ0v) is 10.4. The Morgan fingerprint density at radius 2 is 1.94 bits per heavy atom. The molecular formula is C10H13F3N2O2S. The van der Waals surface area contributed by atoms with Crippen LogP contribution in [0.2, 0.25) is 0 Å². The van der Waals surface area contributed by atoms with Crippen molar-refractivity contribution in [2.45, 2.75) is 13.1 Å². The van der Waals surface area contributed by atoms with Crippen LogP contribution in [0.5, 0.6) is 0 Å². The van der Waals surface area contributed by atoms with Crippen LogP contribution in [0.3, 0.4) is 0 Å². The standard InChI is InChI=1S/C10H13F3N2O2S/c1-7-2-3-8(10(11,12)13)6-9(7)15-4-5-18(14,16)17/h2-3,6,15H,4-5H2,1H3,(H2,14,16,17). The van der Waals surface area contributed by atoms with Gasteiger partial charge in [-0.3, -0.25) is 0 Å². The Morgan fingerprint density at radius 1 is 1.33 bits per heavy atom. The molecule has 1 rings (SSSR count). The van der Waals surface area contributed by atoms with E-state index in [1.54, 1.807) is 6.92 Å². The minimum Gasteiger partial charge on any atom is -0.384 e. The number of anilines is 1. The van der Waals surface area contributed by atoms with Crippen LogP contribution in [0.15, 0.2) is 18.2 Å². The maximum absolute atomic E-state index is 12.5. The molecule has 0 saturated carbocycles. The van der Waals surface area contributed by atoms with Crippen LogP contribution in [0.1, 0.15) is 11.1 Å². The third kappa shape index (κ3) is 4.53. The number of nitrogens with two attached hydrogens (primary N) is 1. The zero-order valence-electron chi connectivity index (χ0n) is 9.58. The third-order valence-electron chi connectivity index (χ3n) is 2.27. The predicted molar refractivity (Wildman–Crippen MR) is 62.6 cm³/mol. The van der Waals surface area contributed by atoms with Gasteiger partial charge in [0, 0.05) is 12.2 Å². The molecule has 0 unspecified atom stereocenters. The average Bonchev–Trinajstić information content (AvgIpc) is 2.17. The number of aryl methyl sites for hydroxylation is 1. The van der Waals surface area contributed by atoms with E-state index in [2.05, 4.69) is 5.32 Å². The minimum absolute atomic E-state index is 0.0407. The quantitative estimate of drug-likeness (QED) is 0.883.